The Kier molecular flexibility index (Phi) is 11.1. The van der Waals surface area contributed by atoms with Crippen LogP contribution in [0.4, 0.5) is 0 Å². The fourth-order valence-electron chi connectivity index (χ4n) is 3.93. The van der Waals surface area contributed by atoms with Crippen molar-refractivity contribution < 1.29 is 14.7 Å². The summed E-state index contributed by atoms with van der Waals surface area (Å²) >= 11 is 0. The van der Waals surface area contributed by atoms with E-state index >= 15 is 0 Å². The van der Waals surface area contributed by atoms with E-state index in [0.29, 0.717) is 19.3 Å². The van der Waals surface area contributed by atoms with Crippen molar-refractivity contribution in [3.8, 4) is 0 Å². The lowest BCUT2D eigenvalue weighted by Gasteiger charge is -2.05. The van der Waals surface area contributed by atoms with Crippen LogP contribution in [0.2, 0.25) is 0 Å². The summed E-state index contributed by atoms with van der Waals surface area (Å²) in [6, 6.07) is 0. The third-order valence-corrected chi connectivity index (χ3v) is 5.67. The fourth-order valence-corrected chi connectivity index (χ4v) is 3.93. The average Bonchev–Trinajstić information content (AvgIpc) is 2.83. The molecule has 1 heterocycles. The molecule has 0 aromatic carbocycles. The third kappa shape index (κ3) is 7.90. The minimum Gasteiger partial charge on any atom is -0.481 e. The predicted octanol–water partition coefficient (Wildman–Crippen LogP) is 6.15. The second kappa shape index (κ2) is 12.7. The van der Waals surface area contributed by atoms with Crippen molar-refractivity contribution >= 4 is 11.8 Å². The lowest BCUT2D eigenvalue weighted by Crippen LogP contribution is -2.03. The van der Waals surface area contributed by atoms with Gasteiger partial charge in [0.1, 0.15) is 0 Å². The maximum Gasteiger partial charge on any atom is 0.303 e. The highest BCUT2D eigenvalue weighted by Gasteiger charge is 2.20. The first-order valence-electron chi connectivity index (χ1n) is 10.8. The van der Waals surface area contributed by atoms with Gasteiger partial charge >= 0.3 is 5.97 Å². The molecule has 0 bridgehead atoms. The number of carbonyl (C=O) groups excluding carboxylic acids is 1. The lowest BCUT2D eigenvalue weighted by atomic mass is 9.99. The molecule has 0 aliphatic carbocycles. The molecule has 0 saturated heterocycles. The molecule has 1 rings (SSSR count). The molecule has 0 atom stereocenters. The molecule has 0 saturated carbocycles. The van der Waals surface area contributed by atoms with Crippen molar-refractivity contribution in [3.05, 3.63) is 22.5 Å². The molecule has 0 aliphatic heterocycles. The van der Waals surface area contributed by atoms with Crippen molar-refractivity contribution in [1.82, 2.24) is 4.57 Å². The molecular weight excluding hydrogens is 338 g/mol. The van der Waals surface area contributed by atoms with Gasteiger partial charge in [-0.1, -0.05) is 58.3 Å². The number of carbonyl (C=O) groups is 2. The molecule has 154 valence electrons. The molecule has 1 N–H and O–H groups in total. The Morgan fingerprint density at radius 3 is 1.96 bits per heavy atom. The van der Waals surface area contributed by atoms with E-state index in [1.807, 2.05) is 20.9 Å². The van der Waals surface area contributed by atoms with Crippen LogP contribution in [0.3, 0.4) is 0 Å². The molecule has 27 heavy (non-hydrogen) atoms. The van der Waals surface area contributed by atoms with Crippen molar-refractivity contribution in [1.29, 1.82) is 0 Å². The highest BCUT2D eigenvalue weighted by Crippen LogP contribution is 2.25. The smallest absolute Gasteiger partial charge is 0.303 e. The summed E-state index contributed by atoms with van der Waals surface area (Å²) in [5.74, 6) is -0.520. The van der Waals surface area contributed by atoms with Crippen LogP contribution < -0.4 is 0 Å². The Morgan fingerprint density at radius 1 is 0.852 bits per heavy atom. The van der Waals surface area contributed by atoms with Crippen molar-refractivity contribution in [2.24, 2.45) is 7.05 Å². The number of carboxylic acid groups (broad SMARTS) is 1. The van der Waals surface area contributed by atoms with Gasteiger partial charge in [-0.3, -0.25) is 9.59 Å². The number of carboxylic acids is 1. The number of unbranched alkanes of at least 4 members (excludes halogenated alkanes) is 8. The van der Waals surface area contributed by atoms with Crippen LogP contribution >= 0.6 is 0 Å². The molecule has 0 unspecified atom stereocenters. The second-order valence-corrected chi connectivity index (χ2v) is 7.84. The van der Waals surface area contributed by atoms with Gasteiger partial charge in [-0.15, -0.1) is 0 Å². The maximum absolute atomic E-state index is 12.7. The van der Waals surface area contributed by atoms with E-state index in [4.69, 9.17) is 5.11 Å². The molecular formula is C23H39NO3. The Balaban J connectivity index is 2.43. The lowest BCUT2D eigenvalue weighted by molar-refractivity contribution is -0.137. The minimum atomic E-state index is -0.764. The van der Waals surface area contributed by atoms with Crippen molar-refractivity contribution in [2.75, 3.05) is 0 Å². The van der Waals surface area contributed by atoms with Gasteiger partial charge < -0.3 is 9.67 Å². The minimum absolute atomic E-state index is 0.172. The summed E-state index contributed by atoms with van der Waals surface area (Å²) in [5, 5.41) is 8.83. The molecule has 0 spiro atoms. The van der Waals surface area contributed by atoms with Crippen LogP contribution in [0.5, 0.6) is 0 Å². The van der Waals surface area contributed by atoms with E-state index in [0.717, 1.165) is 35.4 Å². The molecule has 1 aromatic heterocycles. The summed E-state index contributed by atoms with van der Waals surface area (Å²) in [5.41, 5.74) is 4.02. The van der Waals surface area contributed by atoms with Gasteiger partial charge in [0.15, 0.2) is 5.78 Å². The SMILES string of the molecule is CCCCCCCCCCCC(=O)c1c(C)c(CCCC(=O)O)n(C)c1C. The number of aliphatic carboxylic acids is 1. The van der Waals surface area contributed by atoms with Crippen molar-refractivity contribution in [3.63, 3.8) is 0 Å². The van der Waals surface area contributed by atoms with E-state index in [1.54, 1.807) is 0 Å². The Hall–Kier alpha value is -1.58. The summed E-state index contributed by atoms with van der Waals surface area (Å²) in [7, 11) is 1.98. The van der Waals surface area contributed by atoms with Gasteiger partial charge in [-0.2, -0.15) is 0 Å². The Morgan fingerprint density at radius 2 is 1.41 bits per heavy atom. The first-order valence-corrected chi connectivity index (χ1v) is 10.8. The van der Waals surface area contributed by atoms with Gasteiger partial charge in [0.2, 0.25) is 0 Å². The van der Waals surface area contributed by atoms with E-state index in [1.165, 1.54) is 44.9 Å². The van der Waals surface area contributed by atoms with E-state index in [-0.39, 0.29) is 12.2 Å². The van der Waals surface area contributed by atoms with Crippen LogP contribution in [0.25, 0.3) is 0 Å². The van der Waals surface area contributed by atoms with E-state index in [2.05, 4.69) is 11.5 Å². The van der Waals surface area contributed by atoms with E-state index in [9.17, 15) is 9.59 Å². The van der Waals surface area contributed by atoms with Gasteiger partial charge in [-0.05, 0) is 38.7 Å². The quantitative estimate of drug-likeness (QED) is 0.294. The standard InChI is InChI=1S/C23H39NO3/c1-5-6-7-8-9-10-11-12-13-16-21(25)23-18(2)20(24(4)19(23)3)15-14-17-22(26)27/h5-17H2,1-4H3,(H,26,27). The highest BCUT2D eigenvalue weighted by atomic mass is 16.4. The summed E-state index contributed by atoms with van der Waals surface area (Å²) in [6.45, 7) is 6.25. The number of rotatable bonds is 15. The Bertz CT molecular complexity index is 601. The summed E-state index contributed by atoms with van der Waals surface area (Å²) in [4.78, 5) is 23.5. The number of ketones is 1. The van der Waals surface area contributed by atoms with Gasteiger partial charge in [0.25, 0.3) is 0 Å². The number of nitrogens with zero attached hydrogens (tertiary/aromatic N) is 1. The molecule has 1 aromatic rings. The topological polar surface area (TPSA) is 59.3 Å². The van der Waals surface area contributed by atoms with Crippen LogP contribution in [0.1, 0.15) is 111 Å². The zero-order chi connectivity index (χ0) is 20.2. The maximum atomic E-state index is 12.7. The normalized spacial score (nSPS) is 11.1. The van der Waals surface area contributed by atoms with Gasteiger partial charge in [0.05, 0.1) is 0 Å². The number of hydrogen-bond donors (Lipinski definition) is 1. The highest BCUT2D eigenvalue weighted by molar-refractivity contribution is 5.99. The first-order chi connectivity index (χ1) is 12.9. The molecule has 4 heteroatoms. The molecule has 0 aliphatic rings. The molecule has 0 fully saturated rings. The van der Waals surface area contributed by atoms with Crippen LogP contribution in [-0.4, -0.2) is 21.4 Å². The van der Waals surface area contributed by atoms with Crippen LogP contribution in [-0.2, 0) is 18.3 Å². The van der Waals surface area contributed by atoms with E-state index < -0.39 is 5.97 Å². The summed E-state index contributed by atoms with van der Waals surface area (Å²) in [6.07, 6.45) is 13.4. The zero-order valence-electron chi connectivity index (χ0n) is 17.9. The summed E-state index contributed by atoms with van der Waals surface area (Å²) < 4.78 is 2.07. The molecule has 4 nitrogen and oxygen atoms in total. The van der Waals surface area contributed by atoms with Gasteiger partial charge in [-0.25, -0.2) is 0 Å². The van der Waals surface area contributed by atoms with Gasteiger partial charge in [0, 0.05) is 36.8 Å². The Labute approximate surface area is 165 Å². The number of aromatic nitrogens is 1. The zero-order valence-corrected chi connectivity index (χ0v) is 17.9. The predicted molar refractivity (Wildman–Crippen MR) is 112 cm³/mol. The first kappa shape index (κ1) is 23.5. The number of hydrogen-bond acceptors (Lipinski definition) is 2. The average molecular weight is 378 g/mol. The molecule has 0 amide bonds. The largest absolute Gasteiger partial charge is 0.481 e. The second-order valence-electron chi connectivity index (χ2n) is 7.84. The monoisotopic (exact) mass is 377 g/mol. The van der Waals surface area contributed by atoms with Crippen molar-refractivity contribution in [2.45, 2.75) is 104 Å². The fraction of sp³-hybridized carbons (Fsp3) is 0.739. The third-order valence-electron chi connectivity index (χ3n) is 5.67. The number of Topliss-reactive ketones (excluding diaryl/α,β-unsaturated/α-hetero) is 1. The van der Waals surface area contributed by atoms with Crippen LogP contribution in [0, 0.1) is 13.8 Å². The van der Waals surface area contributed by atoms with Crippen LogP contribution in [0.15, 0.2) is 0 Å². The molecule has 0 radical (unpaired) electrons.